The third-order valence-electron chi connectivity index (χ3n) is 5.74. The van der Waals surface area contributed by atoms with Gasteiger partial charge < -0.3 is 10.1 Å². The SMILES string of the molecule is CCCOC(=O)C1=C(C)NC2=C(C(=O)C[C@@H](c3ccccc3)C2)[C@@H]1c1ccccn1. The zero-order valence-corrected chi connectivity index (χ0v) is 17.4. The van der Waals surface area contributed by atoms with Crippen LogP contribution in [0, 0.1) is 0 Å². The molecule has 154 valence electrons. The van der Waals surface area contributed by atoms with Crippen LogP contribution in [-0.2, 0) is 14.3 Å². The van der Waals surface area contributed by atoms with Crippen LogP contribution in [0.3, 0.4) is 0 Å². The molecule has 0 radical (unpaired) electrons. The molecule has 2 heterocycles. The topological polar surface area (TPSA) is 68.3 Å². The molecule has 2 aliphatic rings. The van der Waals surface area contributed by atoms with Crippen molar-refractivity contribution in [2.75, 3.05) is 6.61 Å². The van der Waals surface area contributed by atoms with Gasteiger partial charge in [-0.3, -0.25) is 9.78 Å². The smallest absolute Gasteiger partial charge is 0.336 e. The fraction of sp³-hybridized carbons (Fsp3) is 0.320. The Morgan fingerprint density at radius 2 is 1.90 bits per heavy atom. The van der Waals surface area contributed by atoms with Crippen molar-refractivity contribution in [3.8, 4) is 0 Å². The second-order valence-electron chi connectivity index (χ2n) is 7.82. The van der Waals surface area contributed by atoms with E-state index in [9.17, 15) is 9.59 Å². The van der Waals surface area contributed by atoms with Crippen molar-refractivity contribution in [1.29, 1.82) is 0 Å². The highest BCUT2D eigenvalue weighted by molar-refractivity contribution is 6.04. The highest BCUT2D eigenvalue weighted by Gasteiger charge is 2.41. The Bertz CT molecular complexity index is 1010. The number of nitrogens with zero attached hydrogens (tertiary/aromatic N) is 1. The van der Waals surface area contributed by atoms with E-state index in [1.54, 1.807) is 6.20 Å². The van der Waals surface area contributed by atoms with Crippen molar-refractivity contribution in [3.05, 3.63) is 88.5 Å². The highest BCUT2D eigenvalue weighted by Crippen LogP contribution is 2.45. The largest absolute Gasteiger partial charge is 0.462 e. The number of dihydropyridines is 1. The van der Waals surface area contributed by atoms with Gasteiger partial charge in [-0.1, -0.05) is 43.3 Å². The summed E-state index contributed by atoms with van der Waals surface area (Å²) in [7, 11) is 0. The molecule has 4 rings (SSSR count). The lowest BCUT2D eigenvalue weighted by atomic mass is 9.73. The Morgan fingerprint density at radius 3 is 2.60 bits per heavy atom. The first-order valence-electron chi connectivity index (χ1n) is 10.5. The summed E-state index contributed by atoms with van der Waals surface area (Å²) in [6.07, 6.45) is 3.58. The van der Waals surface area contributed by atoms with E-state index >= 15 is 0 Å². The van der Waals surface area contributed by atoms with Crippen molar-refractivity contribution in [2.45, 2.75) is 44.9 Å². The monoisotopic (exact) mass is 402 g/mol. The summed E-state index contributed by atoms with van der Waals surface area (Å²) >= 11 is 0. The Labute approximate surface area is 176 Å². The van der Waals surface area contributed by atoms with Gasteiger partial charge in [-0.25, -0.2) is 4.79 Å². The number of Topliss-reactive ketones (excluding diaryl/α,β-unsaturated/α-hetero) is 1. The van der Waals surface area contributed by atoms with E-state index in [2.05, 4.69) is 22.4 Å². The van der Waals surface area contributed by atoms with E-state index < -0.39 is 5.92 Å². The van der Waals surface area contributed by atoms with Crippen LogP contribution in [0.4, 0.5) is 0 Å². The number of hydrogen-bond acceptors (Lipinski definition) is 5. The molecule has 0 spiro atoms. The maximum absolute atomic E-state index is 13.4. The van der Waals surface area contributed by atoms with Crippen molar-refractivity contribution in [2.24, 2.45) is 0 Å². The van der Waals surface area contributed by atoms with Crippen LogP contribution >= 0.6 is 0 Å². The second-order valence-corrected chi connectivity index (χ2v) is 7.82. The first kappa shape index (κ1) is 20.1. The first-order chi connectivity index (χ1) is 14.6. The number of hydrogen-bond donors (Lipinski definition) is 1. The van der Waals surface area contributed by atoms with Crippen molar-refractivity contribution in [1.82, 2.24) is 10.3 Å². The zero-order chi connectivity index (χ0) is 21.1. The number of ketones is 1. The number of allylic oxidation sites excluding steroid dienone is 3. The molecule has 0 fully saturated rings. The third-order valence-corrected chi connectivity index (χ3v) is 5.74. The molecule has 1 aromatic heterocycles. The van der Waals surface area contributed by atoms with Gasteiger partial charge in [0.2, 0.25) is 0 Å². The Balaban J connectivity index is 1.76. The molecule has 30 heavy (non-hydrogen) atoms. The fourth-order valence-corrected chi connectivity index (χ4v) is 4.39. The van der Waals surface area contributed by atoms with Crippen molar-refractivity contribution in [3.63, 3.8) is 0 Å². The van der Waals surface area contributed by atoms with Gasteiger partial charge in [0.1, 0.15) is 0 Å². The van der Waals surface area contributed by atoms with Crippen LogP contribution in [0.1, 0.15) is 56.2 Å². The van der Waals surface area contributed by atoms with E-state index in [1.807, 2.05) is 50.2 Å². The Morgan fingerprint density at radius 1 is 1.13 bits per heavy atom. The molecule has 0 bridgehead atoms. The quantitative estimate of drug-likeness (QED) is 0.751. The standard InChI is InChI=1S/C25H26N2O3/c1-3-13-30-25(29)22-16(2)27-20-14-18(17-9-5-4-6-10-17)15-21(28)23(20)24(22)19-11-7-8-12-26-19/h4-12,18,24,27H,3,13-15H2,1-2H3/t18-,24+/m0/s1. The van der Waals surface area contributed by atoms with E-state index in [4.69, 9.17) is 4.74 Å². The van der Waals surface area contributed by atoms with Gasteiger partial charge in [0, 0.05) is 29.6 Å². The van der Waals surface area contributed by atoms with E-state index in [1.165, 1.54) is 0 Å². The third kappa shape index (κ3) is 3.80. The summed E-state index contributed by atoms with van der Waals surface area (Å²) in [5, 5.41) is 3.37. The predicted molar refractivity (Wildman–Crippen MR) is 115 cm³/mol. The summed E-state index contributed by atoms with van der Waals surface area (Å²) in [6, 6.07) is 15.7. The number of aromatic nitrogens is 1. The summed E-state index contributed by atoms with van der Waals surface area (Å²) in [4.78, 5) is 30.8. The molecule has 1 aromatic carbocycles. The molecule has 1 N–H and O–H groups in total. The number of carbonyl (C=O) groups is 2. The summed E-state index contributed by atoms with van der Waals surface area (Å²) in [5.41, 5.74) is 4.60. The number of ether oxygens (including phenoxy) is 1. The van der Waals surface area contributed by atoms with Gasteiger partial charge >= 0.3 is 5.97 Å². The first-order valence-corrected chi connectivity index (χ1v) is 10.5. The lowest BCUT2D eigenvalue weighted by Gasteiger charge is -2.36. The molecule has 0 unspecified atom stereocenters. The average molecular weight is 402 g/mol. The second kappa shape index (κ2) is 8.66. The normalized spacial score (nSPS) is 21.2. The van der Waals surface area contributed by atoms with Gasteiger partial charge in [-0.2, -0.15) is 0 Å². The predicted octanol–water partition coefficient (Wildman–Crippen LogP) is 4.40. The number of rotatable bonds is 5. The Hall–Kier alpha value is -3.21. The summed E-state index contributed by atoms with van der Waals surface area (Å²) in [5.74, 6) is -0.713. The number of benzene rings is 1. The molecule has 0 saturated carbocycles. The van der Waals surface area contributed by atoms with Crippen LogP contribution in [0.5, 0.6) is 0 Å². The molecule has 0 saturated heterocycles. The average Bonchev–Trinajstić information content (AvgIpc) is 2.77. The highest BCUT2D eigenvalue weighted by atomic mass is 16.5. The zero-order valence-electron chi connectivity index (χ0n) is 17.4. The van der Waals surface area contributed by atoms with Gasteiger partial charge in [0.15, 0.2) is 5.78 Å². The summed E-state index contributed by atoms with van der Waals surface area (Å²) < 4.78 is 5.46. The molecule has 2 atom stereocenters. The molecule has 0 amide bonds. The maximum atomic E-state index is 13.4. The molecule has 2 aromatic rings. The summed E-state index contributed by atoms with van der Waals surface area (Å²) in [6.45, 7) is 4.18. The molecule has 1 aliphatic carbocycles. The molecular weight excluding hydrogens is 376 g/mol. The molecule has 5 heteroatoms. The van der Waals surface area contributed by atoms with Crippen molar-refractivity contribution < 1.29 is 14.3 Å². The van der Waals surface area contributed by atoms with E-state index in [0.717, 1.165) is 29.8 Å². The minimum atomic E-state index is -0.504. The Kier molecular flexibility index (Phi) is 5.79. The number of nitrogens with one attached hydrogen (secondary N) is 1. The van der Waals surface area contributed by atoms with Gasteiger partial charge in [-0.05, 0) is 43.4 Å². The lowest BCUT2D eigenvalue weighted by molar-refractivity contribution is -0.139. The van der Waals surface area contributed by atoms with Gasteiger partial charge in [0.25, 0.3) is 0 Å². The van der Waals surface area contributed by atoms with E-state index in [-0.39, 0.29) is 17.7 Å². The van der Waals surface area contributed by atoms with Crippen LogP contribution < -0.4 is 5.32 Å². The maximum Gasteiger partial charge on any atom is 0.336 e. The number of pyridine rings is 1. The van der Waals surface area contributed by atoms with Crippen molar-refractivity contribution >= 4 is 11.8 Å². The van der Waals surface area contributed by atoms with Crippen LogP contribution in [0.2, 0.25) is 0 Å². The fourth-order valence-electron chi connectivity index (χ4n) is 4.39. The van der Waals surface area contributed by atoms with E-state index in [0.29, 0.717) is 29.9 Å². The molecule has 1 aliphatic heterocycles. The minimum absolute atomic E-state index is 0.0570. The lowest BCUT2D eigenvalue weighted by Crippen LogP contribution is -2.36. The minimum Gasteiger partial charge on any atom is -0.462 e. The number of carbonyl (C=O) groups excluding carboxylic acids is 2. The van der Waals surface area contributed by atoms with Crippen LogP contribution in [0.15, 0.2) is 77.3 Å². The van der Waals surface area contributed by atoms with Crippen LogP contribution in [-0.4, -0.2) is 23.3 Å². The van der Waals surface area contributed by atoms with Crippen LogP contribution in [0.25, 0.3) is 0 Å². The number of esters is 1. The molecule has 5 nitrogen and oxygen atoms in total. The van der Waals surface area contributed by atoms with Gasteiger partial charge in [0.05, 0.1) is 23.8 Å². The van der Waals surface area contributed by atoms with Gasteiger partial charge in [-0.15, -0.1) is 0 Å². The molecular formula is C25H26N2O3.